The molecule has 2 heterocycles. The Balaban J connectivity index is 1.84. The van der Waals surface area contributed by atoms with E-state index in [1.165, 1.54) is 0 Å². The number of likely N-dealkylation sites (N-methyl/N-ethyl adjacent to an activating group) is 2. The molecule has 3 atom stereocenters. The number of methoxy groups -OCH3 is 1. The minimum atomic E-state index is -0.127. The Morgan fingerprint density at radius 2 is 1.88 bits per heavy atom. The SMILES string of the molecule is CO[C@@H]1CN(C)C(=O)c2ccc(NC(=O)C3CCOCC3)cc2OC[C@H](C)N(C)C[C@H]1C. The lowest BCUT2D eigenvalue weighted by Crippen LogP contribution is -2.45. The molecule has 1 N–H and O–H groups in total. The zero-order chi connectivity index (χ0) is 23.3. The Hall–Kier alpha value is -2.16. The van der Waals surface area contributed by atoms with Gasteiger partial charge in [0.2, 0.25) is 5.91 Å². The molecule has 0 bridgehead atoms. The molecule has 1 aromatic rings. The van der Waals surface area contributed by atoms with E-state index >= 15 is 0 Å². The number of hydrogen-bond acceptors (Lipinski definition) is 6. The smallest absolute Gasteiger partial charge is 0.257 e. The molecule has 0 radical (unpaired) electrons. The molecule has 0 aliphatic carbocycles. The van der Waals surface area contributed by atoms with E-state index in [0.29, 0.717) is 43.4 Å². The lowest BCUT2D eigenvalue weighted by atomic mass is 9.99. The number of carbonyl (C=O) groups excluding carboxylic acids is 2. The molecule has 3 rings (SSSR count). The van der Waals surface area contributed by atoms with Gasteiger partial charge in [-0.1, -0.05) is 6.92 Å². The predicted molar refractivity (Wildman–Crippen MR) is 123 cm³/mol. The zero-order valence-corrected chi connectivity index (χ0v) is 19.9. The number of carbonyl (C=O) groups is 2. The van der Waals surface area contributed by atoms with E-state index in [9.17, 15) is 9.59 Å². The third kappa shape index (κ3) is 5.99. The van der Waals surface area contributed by atoms with Crippen LogP contribution in [0.2, 0.25) is 0 Å². The van der Waals surface area contributed by atoms with E-state index in [0.717, 1.165) is 19.4 Å². The maximum absolute atomic E-state index is 13.2. The summed E-state index contributed by atoms with van der Waals surface area (Å²) in [6.07, 6.45) is 1.37. The quantitative estimate of drug-likeness (QED) is 0.767. The second-order valence-electron chi connectivity index (χ2n) is 9.12. The maximum Gasteiger partial charge on any atom is 0.257 e. The number of nitrogens with zero attached hydrogens (tertiary/aromatic N) is 2. The van der Waals surface area contributed by atoms with Gasteiger partial charge in [0.1, 0.15) is 12.4 Å². The van der Waals surface area contributed by atoms with Crippen molar-refractivity contribution in [2.75, 3.05) is 59.4 Å². The van der Waals surface area contributed by atoms with Crippen molar-refractivity contribution in [3.05, 3.63) is 23.8 Å². The van der Waals surface area contributed by atoms with Crippen LogP contribution in [0.4, 0.5) is 5.69 Å². The Bertz CT molecular complexity index is 796. The number of fused-ring (bicyclic) bond motifs is 1. The van der Waals surface area contributed by atoms with Gasteiger partial charge in [0.25, 0.3) is 5.91 Å². The van der Waals surface area contributed by atoms with Crippen molar-refractivity contribution in [3.63, 3.8) is 0 Å². The third-order valence-corrected chi connectivity index (χ3v) is 6.62. The molecule has 2 aliphatic heterocycles. The molecule has 1 aromatic carbocycles. The highest BCUT2D eigenvalue weighted by atomic mass is 16.5. The van der Waals surface area contributed by atoms with Gasteiger partial charge < -0.3 is 24.4 Å². The van der Waals surface area contributed by atoms with Gasteiger partial charge >= 0.3 is 0 Å². The first-order valence-corrected chi connectivity index (χ1v) is 11.4. The molecule has 1 fully saturated rings. The normalized spacial score (nSPS) is 26.5. The molecule has 0 aromatic heterocycles. The summed E-state index contributed by atoms with van der Waals surface area (Å²) in [4.78, 5) is 29.8. The number of benzene rings is 1. The van der Waals surface area contributed by atoms with Gasteiger partial charge in [-0.15, -0.1) is 0 Å². The summed E-state index contributed by atoms with van der Waals surface area (Å²) >= 11 is 0. The van der Waals surface area contributed by atoms with Crippen molar-refractivity contribution < 1.29 is 23.8 Å². The van der Waals surface area contributed by atoms with Crippen LogP contribution in [0, 0.1) is 11.8 Å². The zero-order valence-electron chi connectivity index (χ0n) is 19.9. The molecule has 32 heavy (non-hydrogen) atoms. The first-order valence-electron chi connectivity index (χ1n) is 11.4. The van der Waals surface area contributed by atoms with E-state index < -0.39 is 0 Å². The molecule has 1 saturated heterocycles. The largest absolute Gasteiger partial charge is 0.491 e. The lowest BCUT2D eigenvalue weighted by molar-refractivity contribution is -0.122. The van der Waals surface area contributed by atoms with Crippen molar-refractivity contribution in [2.45, 2.75) is 38.8 Å². The highest BCUT2D eigenvalue weighted by Gasteiger charge is 2.27. The van der Waals surface area contributed by atoms with Crippen LogP contribution in [0.3, 0.4) is 0 Å². The standard InChI is InChI=1S/C24H37N3O5/c1-16-13-26(3)17(2)15-32-21-12-19(25-23(28)18-8-10-31-11-9-18)6-7-20(21)24(29)27(4)14-22(16)30-5/h6-7,12,16-18,22H,8-11,13-15H2,1-5H3,(H,25,28)/t16-,17+,22-/m1/s1. The molecule has 178 valence electrons. The van der Waals surface area contributed by atoms with Crippen LogP contribution < -0.4 is 10.1 Å². The molecule has 8 nitrogen and oxygen atoms in total. The molecule has 8 heteroatoms. The van der Waals surface area contributed by atoms with Gasteiger partial charge in [0.05, 0.1) is 11.7 Å². The van der Waals surface area contributed by atoms with Gasteiger partial charge in [0, 0.05) is 64.2 Å². The van der Waals surface area contributed by atoms with Crippen molar-refractivity contribution in [1.29, 1.82) is 0 Å². The van der Waals surface area contributed by atoms with E-state index in [1.807, 2.05) is 0 Å². The van der Waals surface area contributed by atoms with Crippen molar-refractivity contribution >= 4 is 17.5 Å². The van der Waals surface area contributed by atoms with Gasteiger partial charge in [-0.2, -0.15) is 0 Å². The van der Waals surface area contributed by atoms with Crippen LogP contribution >= 0.6 is 0 Å². The van der Waals surface area contributed by atoms with Gasteiger partial charge in [-0.3, -0.25) is 14.5 Å². The number of hydrogen-bond donors (Lipinski definition) is 1. The fourth-order valence-electron chi connectivity index (χ4n) is 4.23. The van der Waals surface area contributed by atoms with Crippen LogP contribution in [0.25, 0.3) is 0 Å². The highest BCUT2D eigenvalue weighted by Crippen LogP contribution is 2.27. The number of anilines is 1. The molecule has 2 amide bonds. The molecule has 0 unspecified atom stereocenters. The topological polar surface area (TPSA) is 80.3 Å². The van der Waals surface area contributed by atoms with Crippen LogP contribution in [0.5, 0.6) is 5.75 Å². The molecular formula is C24H37N3O5. The summed E-state index contributed by atoms with van der Waals surface area (Å²) in [7, 11) is 5.55. The van der Waals surface area contributed by atoms with E-state index in [4.69, 9.17) is 14.2 Å². The first-order chi connectivity index (χ1) is 15.3. The molecule has 2 aliphatic rings. The summed E-state index contributed by atoms with van der Waals surface area (Å²) in [5, 5.41) is 2.99. The summed E-state index contributed by atoms with van der Waals surface area (Å²) in [6, 6.07) is 5.41. The Morgan fingerprint density at radius 1 is 1.16 bits per heavy atom. The highest BCUT2D eigenvalue weighted by molar-refractivity contribution is 5.98. The monoisotopic (exact) mass is 447 g/mol. The summed E-state index contributed by atoms with van der Waals surface area (Å²) in [5.41, 5.74) is 1.11. The number of nitrogens with one attached hydrogen (secondary N) is 1. The van der Waals surface area contributed by atoms with Crippen molar-refractivity contribution in [1.82, 2.24) is 9.80 Å². The lowest BCUT2D eigenvalue weighted by Gasteiger charge is -2.34. The fraction of sp³-hybridized carbons (Fsp3) is 0.667. The Labute approximate surface area is 191 Å². The summed E-state index contributed by atoms with van der Waals surface area (Å²) in [5.74, 6) is 0.534. The maximum atomic E-state index is 13.2. The van der Waals surface area contributed by atoms with Gasteiger partial charge in [0.15, 0.2) is 0 Å². The van der Waals surface area contributed by atoms with E-state index in [-0.39, 0.29) is 35.8 Å². The number of rotatable bonds is 3. The summed E-state index contributed by atoms with van der Waals surface area (Å²) < 4.78 is 17.2. The second kappa shape index (κ2) is 11.1. The summed E-state index contributed by atoms with van der Waals surface area (Å²) in [6.45, 7) is 7.22. The third-order valence-electron chi connectivity index (χ3n) is 6.62. The average Bonchev–Trinajstić information content (AvgIpc) is 2.80. The fourth-order valence-corrected chi connectivity index (χ4v) is 4.23. The molecule has 0 spiro atoms. The van der Waals surface area contributed by atoms with Crippen molar-refractivity contribution in [2.24, 2.45) is 11.8 Å². The Morgan fingerprint density at radius 3 is 2.56 bits per heavy atom. The average molecular weight is 448 g/mol. The number of amides is 2. The van der Waals surface area contributed by atoms with E-state index in [1.54, 1.807) is 37.3 Å². The van der Waals surface area contributed by atoms with Gasteiger partial charge in [-0.05, 0) is 44.9 Å². The van der Waals surface area contributed by atoms with Crippen LogP contribution in [0.15, 0.2) is 18.2 Å². The van der Waals surface area contributed by atoms with Crippen LogP contribution in [-0.2, 0) is 14.3 Å². The van der Waals surface area contributed by atoms with Crippen LogP contribution in [-0.4, -0.2) is 87.9 Å². The van der Waals surface area contributed by atoms with Crippen LogP contribution in [0.1, 0.15) is 37.0 Å². The number of ether oxygens (including phenoxy) is 3. The Kier molecular flexibility index (Phi) is 8.51. The predicted octanol–water partition coefficient (Wildman–Crippen LogP) is 2.49. The minimum absolute atomic E-state index is 0.0186. The van der Waals surface area contributed by atoms with E-state index in [2.05, 4.69) is 31.1 Å². The molecular weight excluding hydrogens is 410 g/mol. The van der Waals surface area contributed by atoms with Crippen molar-refractivity contribution in [3.8, 4) is 5.75 Å². The first kappa shape index (κ1) is 24.5. The molecule has 0 saturated carbocycles. The minimum Gasteiger partial charge on any atom is -0.491 e. The van der Waals surface area contributed by atoms with Gasteiger partial charge in [-0.25, -0.2) is 0 Å². The second-order valence-corrected chi connectivity index (χ2v) is 9.12.